The minimum Gasteiger partial charge on any atom is -0.481 e. The van der Waals surface area contributed by atoms with Crippen LogP contribution in [0.4, 0.5) is 0 Å². The van der Waals surface area contributed by atoms with E-state index in [4.69, 9.17) is 9.63 Å². The molecule has 8 aliphatic rings. The molecule has 8 aliphatic carbocycles. The van der Waals surface area contributed by atoms with Crippen molar-refractivity contribution in [3.63, 3.8) is 0 Å². The summed E-state index contributed by atoms with van der Waals surface area (Å²) in [5.74, 6) is 7.17. The van der Waals surface area contributed by atoms with Gasteiger partial charge in [0.25, 0.3) is 0 Å². The van der Waals surface area contributed by atoms with Gasteiger partial charge in [0.1, 0.15) is 0 Å². The summed E-state index contributed by atoms with van der Waals surface area (Å²) in [6.07, 6.45) is 22.5. The van der Waals surface area contributed by atoms with Crippen LogP contribution in [0.15, 0.2) is 0 Å². The highest BCUT2D eigenvalue weighted by Gasteiger charge is 2.65. The van der Waals surface area contributed by atoms with Crippen LogP contribution in [0.5, 0.6) is 0 Å². The molecule has 8 saturated carbocycles. The highest BCUT2D eigenvalue weighted by Crippen LogP contribution is 2.70. The maximum atomic E-state index is 11.5. The summed E-state index contributed by atoms with van der Waals surface area (Å²) in [4.78, 5) is 11.1. The predicted octanol–water partition coefficient (Wildman–Crippen LogP) is 10.7. The van der Waals surface area contributed by atoms with E-state index < -0.39 is 5.97 Å². The van der Waals surface area contributed by atoms with Gasteiger partial charge in [0.2, 0.25) is 0 Å². The Hall–Kier alpha value is -0.260. The molecule has 0 amide bonds. The van der Waals surface area contributed by atoms with Crippen molar-refractivity contribution in [2.24, 2.45) is 92.7 Å². The Kier molecular flexibility index (Phi) is 12.7. The first-order chi connectivity index (χ1) is 26.0. The molecule has 0 aromatic heterocycles. The Balaban J connectivity index is 0.000000169. The number of aliphatic hydroxyl groups excluding tert-OH is 3. The molecule has 1 unspecified atom stereocenters. The van der Waals surface area contributed by atoms with E-state index in [1.807, 2.05) is 0 Å². The third kappa shape index (κ3) is 7.16. The fourth-order valence-corrected chi connectivity index (χ4v) is 17.9. The molecular formula is C48H83O6P. The van der Waals surface area contributed by atoms with Gasteiger partial charge in [-0.15, -0.1) is 0 Å². The molecule has 7 heteroatoms. The van der Waals surface area contributed by atoms with Gasteiger partial charge in [-0.25, -0.2) is 0 Å². The van der Waals surface area contributed by atoms with E-state index in [1.54, 1.807) is 0 Å². The molecule has 0 radical (unpaired) electrons. The van der Waals surface area contributed by atoms with Crippen LogP contribution in [0.25, 0.3) is 0 Å². The van der Waals surface area contributed by atoms with Gasteiger partial charge in [0.15, 0.2) is 0 Å². The summed E-state index contributed by atoms with van der Waals surface area (Å²) >= 11 is 0. The molecule has 0 aromatic carbocycles. The summed E-state index contributed by atoms with van der Waals surface area (Å²) in [7, 11) is 2.50. The zero-order chi connectivity index (χ0) is 39.7. The second kappa shape index (κ2) is 16.3. The summed E-state index contributed by atoms with van der Waals surface area (Å²) in [6.45, 7) is 16.8. The first-order valence-electron chi connectivity index (χ1n) is 23.6. The molecule has 8 rings (SSSR count). The van der Waals surface area contributed by atoms with Gasteiger partial charge in [-0.1, -0.05) is 61.3 Å². The monoisotopic (exact) mass is 787 g/mol. The van der Waals surface area contributed by atoms with E-state index in [0.29, 0.717) is 47.0 Å². The van der Waals surface area contributed by atoms with Gasteiger partial charge >= 0.3 is 5.97 Å². The number of carboxylic acids is 1. The van der Waals surface area contributed by atoms with Crippen LogP contribution in [0, 0.1) is 92.7 Å². The van der Waals surface area contributed by atoms with Crippen LogP contribution < -0.4 is 0 Å². The van der Waals surface area contributed by atoms with Crippen LogP contribution >= 0.6 is 9.47 Å². The maximum Gasteiger partial charge on any atom is 0.303 e. The molecule has 21 atom stereocenters. The lowest BCUT2D eigenvalue weighted by Crippen LogP contribution is -2.58. The minimum absolute atomic E-state index is 0.0591. The van der Waals surface area contributed by atoms with Crippen LogP contribution in [0.2, 0.25) is 0 Å². The molecule has 55 heavy (non-hydrogen) atoms. The first kappa shape index (κ1) is 42.8. The van der Waals surface area contributed by atoms with Gasteiger partial charge in [0.05, 0.1) is 24.4 Å². The molecule has 316 valence electrons. The minimum atomic E-state index is -0.707. The van der Waals surface area contributed by atoms with Crippen molar-refractivity contribution < 1.29 is 29.7 Å². The van der Waals surface area contributed by atoms with Gasteiger partial charge in [-0.05, 0) is 202 Å². The van der Waals surface area contributed by atoms with Crippen LogP contribution in [-0.4, -0.2) is 50.8 Å². The van der Waals surface area contributed by atoms with Crippen molar-refractivity contribution in [1.29, 1.82) is 0 Å². The van der Waals surface area contributed by atoms with Gasteiger partial charge in [0, 0.05) is 15.9 Å². The summed E-state index contributed by atoms with van der Waals surface area (Å²) in [5.41, 5.74) is 0.811. The molecule has 0 bridgehead atoms. The Morgan fingerprint density at radius 1 is 0.655 bits per heavy atom. The normalized spacial score (nSPS) is 52.5. The number of fused-ring (bicyclic) bond motifs is 10. The van der Waals surface area contributed by atoms with Crippen molar-refractivity contribution in [2.75, 3.05) is 0 Å². The first-order valence-corrected chi connectivity index (χ1v) is 24.1. The molecule has 8 fully saturated rings. The molecule has 4 N–H and O–H groups in total. The fourth-order valence-electron chi connectivity index (χ4n) is 17.6. The van der Waals surface area contributed by atoms with Gasteiger partial charge in [-0.3, -0.25) is 4.79 Å². The van der Waals surface area contributed by atoms with E-state index in [0.717, 1.165) is 80.5 Å². The average Bonchev–Trinajstić information content (AvgIpc) is 3.71. The largest absolute Gasteiger partial charge is 0.481 e. The zero-order valence-corrected chi connectivity index (χ0v) is 37.2. The second-order valence-corrected chi connectivity index (χ2v) is 22.8. The highest BCUT2D eigenvalue weighted by atomic mass is 31.0. The molecule has 0 spiro atoms. The van der Waals surface area contributed by atoms with Gasteiger partial charge < -0.3 is 24.9 Å². The molecule has 0 heterocycles. The van der Waals surface area contributed by atoms with E-state index in [1.165, 1.54) is 77.0 Å². The quantitative estimate of drug-likeness (QED) is 0.183. The smallest absolute Gasteiger partial charge is 0.303 e. The zero-order valence-electron chi connectivity index (χ0n) is 36.1. The van der Waals surface area contributed by atoms with E-state index in [-0.39, 0.29) is 41.0 Å². The number of rotatable bonds is 8. The van der Waals surface area contributed by atoms with Crippen LogP contribution in [0.1, 0.15) is 177 Å². The predicted molar refractivity (Wildman–Crippen MR) is 224 cm³/mol. The standard InChI is InChI=1S/C24H40O4.C24H43O2P/c1-14(4-9-22(27)28)18-7-8-19-17-6-5-15-12-16(25)10-11-23(15,2)20(17)13-21(26)24(18,19)3;1-5-6-15(2)19-9-10-20-18-8-7-16-13-17(26-27)11-12-23(16,3)21(18)14-22(25)24(19,20)4/h14-21,25-26H,4-13H2,1-3H3,(H,27,28);15-22,25H,5-14,27H2,1-4H3/t14-,15-,16-,17+,18-,19+,20+,21+,23+,24-;15-,16-,17-,18+,19-,20+,21+,22+,23+,24-/m11/s1. The number of hydrogen-bond acceptors (Lipinski definition) is 5. The van der Waals surface area contributed by atoms with E-state index in [9.17, 15) is 20.1 Å². The van der Waals surface area contributed by atoms with Crippen molar-refractivity contribution >= 4 is 15.4 Å². The van der Waals surface area contributed by atoms with Gasteiger partial charge in [-0.2, -0.15) is 0 Å². The fraction of sp³-hybridized carbons (Fsp3) is 0.979. The SMILES string of the molecule is CCC[C@@H](C)[C@H]1CC[C@H]2[C@@H]3CC[C@@H]4C[C@H](OP)CC[C@]4(C)[C@H]3C[C@H](O)[C@]12C.C[C@H](CCC(=O)O)[C@H]1CC[C@H]2[C@@H]3CC[C@@H]4C[C@H](O)CC[C@]4(C)[C@H]3C[C@H](O)[C@]12C. The third-order valence-corrected chi connectivity index (χ3v) is 21.1. The molecular weight excluding hydrogens is 703 g/mol. The molecule has 0 aromatic rings. The van der Waals surface area contributed by atoms with Crippen LogP contribution in [-0.2, 0) is 9.32 Å². The lowest BCUT2D eigenvalue weighted by Gasteiger charge is -2.62. The Bertz CT molecular complexity index is 1340. The Morgan fingerprint density at radius 2 is 1.15 bits per heavy atom. The number of hydrogen-bond donors (Lipinski definition) is 4. The van der Waals surface area contributed by atoms with Crippen molar-refractivity contribution in [3.8, 4) is 0 Å². The van der Waals surface area contributed by atoms with E-state index >= 15 is 0 Å². The number of carbonyl (C=O) groups is 1. The van der Waals surface area contributed by atoms with E-state index in [2.05, 4.69) is 57.9 Å². The maximum absolute atomic E-state index is 11.5. The lowest BCUT2D eigenvalue weighted by atomic mass is 9.43. The highest BCUT2D eigenvalue weighted by molar-refractivity contribution is 7.09. The Labute approximate surface area is 338 Å². The lowest BCUT2D eigenvalue weighted by molar-refractivity contribution is -0.175. The average molecular weight is 787 g/mol. The van der Waals surface area contributed by atoms with Crippen molar-refractivity contribution in [3.05, 3.63) is 0 Å². The molecule has 0 saturated heterocycles. The van der Waals surface area contributed by atoms with Crippen molar-refractivity contribution in [2.45, 2.75) is 201 Å². The second-order valence-electron chi connectivity index (χ2n) is 22.6. The summed E-state index contributed by atoms with van der Waals surface area (Å²) in [6, 6.07) is 0. The number of aliphatic hydroxyl groups is 3. The van der Waals surface area contributed by atoms with Crippen molar-refractivity contribution in [1.82, 2.24) is 0 Å². The third-order valence-electron chi connectivity index (χ3n) is 20.7. The Morgan fingerprint density at radius 3 is 1.64 bits per heavy atom. The van der Waals surface area contributed by atoms with Crippen LogP contribution in [0.3, 0.4) is 0 Å². The molecule has 6 nitrogen and oxygen atoms in total. The molecule has 0 aliphatic heterocycles. The summed E-state index contributed by atoms with van der Waals surface area (Å²) in [5, 5.41) is 42.3. The number of aliphatic carboxylic acids is 1. The topological polar surface area (TPSA) is 107 Å². The number of carboxylic acid groups (broad SMARTS) is 1. The summed E-state index contributed by atoms with van der Waals surface area (Å²) < 4.78 is 5.66.